The van der Waals surface area contributed by atoms with E-state index in [0.717, 1.165) is 34.3 Å². The van der Waals surface area contributed by atoms with Crippen molar-refractivity contribution in [1.82, 2.24) is 10.1 Å². The lowest BCUT2D eigenvalue weighted by Gasteiger charge is -2.00. The molecule has 0 atom stereocenters. The number of halogens is 1. The summed E-state index contributed by atoms with van der Waals surface area (Å²) in [6, 6.07) is 14.1. The summed E-state index contributed by atoms with van der Waals surface area (Å²) >= 11 is 3.51. The largest absolute Gasteiger partial charge is 0.384 e. The van der Waals surface area contributed by atoms with E-state index in [0.29, 0.717) is 11.7 Å². The molecule has 3 aromatic rings. The number of nitrogens with one attached hydrogen (secondary N) is 1. The lowest BCUT2D eigenvalue weighted by Crippen LogP contribution is -1.91. The van der Waals surface area contributed by atoms with Crippen molar-refractivity contribution in [3.8, 4) is 22.8 Å². The van der Waals surface area contributed by atoms with Gasteiger partial charge in [-0.05, 0) is 36.2 Å². The molecular formula is C16H12BrN3O. The lowest BCUT2D eigenvalue weighted by molar-refractivity contribution is 0.432. The molecule has 21 heavy (non-hydrogen) atoms. The predicted molar refractivity (Wildman–Crippen MR) is 85.1 cm³/mol. The zero-order valence-electron chi connectivity index (χ0n) is 11.1. The summed E-state index contributed by atoms with van der Waals surface area (Å²) in [7, 11) is 0. The zero-order chi connectivity index (χ0) is 14.2. The van der Waals surface area contributed by atoms with Crippen molar-refractivity contribution in [1.29, 1.82) is 0 Å². The minimum atomic E-state index is 0.539. The maximum absolute atomic E-state index is 5.41. The van der Waals surface area contributed by atoms with E-state index in [4.69, 9.17) is 4.52 Å². The van der Waals surface area contributed by atoms with E-state index in [-0.39, 0.29) is 0 Å². The van der Waals surface area contributed by atoms with Crippen LogP contribution in [-0.2, 0) is 6.42 Å². The summed E-state index contributed by atoms with van der Waals surface area (Å²) in [4.78, 5) is 4.50. The molecule has 0 amide bonds. The van der Waals surface area contributed by atoms with Crippen LogP contribution < -0.4 is 5.32 Å². The molecule has 2 heterocycles. The van der Waals surface area contributed by atoms with E-state index in [1.54, 1.807) is 0 Å². The van der Waals surface area contributed by atoms with E-state index in [1.807, 2.05) is 30.3 Å². The summed E-state index contributed by atoms with van der Waals surface area (Å²) in [5.74, 6) is 1.13. The first-order valence-electron chi connectivity index (χ1n) is 6.77. The molecule has 0 spiro atoms. The van der Waals surface area contributed by atoms with Gasteiger partial charge < -0.3 is 9.84 Å². The molecule has 0 fully saturated rings. The molecule has 1 aliphatic heterocycles. The molecule has 0 saturated carbocycles. The molecular weight excluding hydrogens is 330 g/mol. The minimum absolute atomic E-state index is 0.539. The molecule has 5 heteroatoms. The van der Waals surface area contributed by atoms with Crippen LogP contribution in [0.2, 0.25) is 0 Å². The topological polar surface area (TPSA) is 51.0 Å². The number of rotatable bonds is 2. The van der Waals surface area contributed by atoms with Crippen molar-refractivity contribution in [2.45, 2.75) is 6.42 Å². The van der Waals surface area contributed by atoms with Crippen LogP contribution in [-0.4, -0.2) is 16.7 Å². The fourth-order valence-electron chi connectivity index (χ4n) is 2.52. The van der Waals surface area contributed by atoms with Gasteiger partial charge in [-0.1, -0.05) is 39.3 Å². The number of fused-ring (bicyclic) bond motifs is 1. The summed E-state index contributed by atoms with van der Waals surface area (Å²) in [5, 5.41) is 7.44. The third-order valence-corrected chi connectivity index (χ3v) is 4.30. The molecule has 4 rings (SSSR count). The van der Waals surface area contributed by atoms with Gasteiger partial charge in [-0.2, -0.15) is 4.98 Å². The first-order chi connectivity index (χ1) is 10.3. The number of anilines is 1. The normalized spacial score (nSPS) is 13.0. The van der Waals surface area contributed by atoms with E-state index in [9.17, 15) is 0 Å². The molecule has 2 aromatic carbocycles. The first kappa shape index (κ1) is 12.6. The summed E-state index contributed by atoms with van der Waals surface area (Å²) in [5.41, 5.74) is 4.36. The maximum atomic E-state index is 5.41. The summed E-state index contributed by atoms with van der Waals surface area (Å²) in [6.45, 7) is 0.991. The number of aromatic nitrogens is 2. The molecule has 0 radical (unpaired) electrons. The van der Waals surface area contributed by atoms with Crippen LogP contribution in [0.25, 0.3) is 22.8 Å². The van der Waals surface area contributed by atoms with Crippen LogP contribution in [0.15, 0.2) is 51.5 Å². The summed E-state index contributed by atoms with van der Waals surface area (Å²) < 4.78 is 6.36. The second-order valence-electron chi connectivity index (χ2n) is 4.95. The van der Waals surface area contributed by atoms with Crippen molar-refractivity contribution in [3.63, 3.8) is 0 Å². The van der Waals surface area contributed by atoms with Crippen LogP contribution >= 0.6 is 15.9 Å². The molecule has 4 nitrogen and oxygen atoms in total. The molecule has 1 N–H and O–H groups in total. The standard InChI is InChI=1S/C16H12BrN3O/c17-13-4-2-1-3-12(13)15-19-16(21-20-15)11-6-5-10-7-8-18-14(10)9-11/h1-6,9,18H,7-8H2. The Labute approximate surface area is 130 Å². The van der Waals surface area contributed by atoms with Gasteiger partial charge in [0.15, 0.2) is 0 Å². The van der Waals surface area contributed by atoms with Gasteiger partial charge in [-0.3, -0.25) is 0 Å². The monoisotopic (exact) mass is 341 g/mol. The number of nitrogens with zero attached hydrogens (tertiary/aromatic N) is 2. The zero-order valence-corrected chi connectivity index (χ0v) is 12.7. The molecule has 1 aromatic heterocycles. The van der Waals surface area contributed by atoms with Crippen LogP contribution in [0.3, 0.4) is 0 Å². The van der Waals surface area contributed by atoms with E-state index < -0.39 is 0 Å². The fraction of sp³-hybridized carbons (Fsp3) is 0.125. The van der Waals surface area contributed by atoms with Gasteiger partial charge in [0.1, 0.15) is 0 Å². The number of hydrogen-bond donors (Lipinski definition) is 1. The van der Waals surface area contributed by atoms with Gasteiger partial charge in [0.2, 0.25) is 5.82 Å². The summed E-state index contributed by atoms with van der Waals surface area (Å²) in [6.07, 6.45) is 1.07. The van der Waals surface area contributed by atoms with Gasteiger partial charge in [0.05, 0.1) is 0 Å². The smallest absolute Gasteiger partial charge is 0.258 e. The van der Waals surface area contributed by atoms with E-state index >= 15 is 0 Å². The Hall–Kier alpha value is -2.14. The Balaban J connectivity index is 1.73. The Bertz CT molecular complexity index is 813. The van der Waals surface area contributed by atoms with Crippen molar-refractivity contribution >= 4 is 21.6 Å². The predicted octanol–water partition coefficient (Wildman–Crippen LogP) is 4.13. The van der Waals surface area contributed by atoms with Crippen LogP contribution in [0.1, 0.15) is 5.56 Å². The molecule has 104 valence electrons. The molecule has 0 aliphatic carbocycles. The van der Waals surface area contributed by atoms with Crippen LogP contribution in [0.4, 0.5) is 5.69 Å². The van der Waals surface area contributed by atoms with Crippen molar-refractivity contribution in [2.24, 2.45) is 0 Å². The van der Waals surface area contributed by atoms with E-state index in [2.05, 4.69) is 43.5 Å². The number of benzene rings is 2. The van der Waals surface area contributed by atoms with Gasteiger partial charge >= 0.3 is 0 Å². The van der Waals surface area contributed by atoms with Crippen LogP contribution in [0, 0.1) is 0 Å². The lowest BCUT2D eigenvalue weighted by atomic mass is 10.1. The van der Waals surface area contributed by atoms with E-state index in [1.165, 1.54) is 5.56 Å². The third kappa shape index (κ3) is 2.23. The number of hydrogen-bond acceptors (Lipinski definition) is 4. The highest BCUT2D eigenvalue weighted by atomic mass is 79.9. The highest BCUT2D eigenvalue weighted by Crippen LogP contribution is 2.31. The first-order valence-corrected chi connectivity index (χ1v) is 7.56. The van der Waals surface area contributed by atoms with Crippen molar-refractivity contribution in [3.05, 3.63) is 52.5 Å². The quantitative estimate of drug-likeness (QED) is 0.761. The van der Waals surface area contributed by atoms with Gasteiger partial charge in [-0.15, -0.1) is 0 Å². The second kappa shape index (κ2) is 5.00. The minimum Gasteiger partial charge on any atom is -0.384 e. The average molecular weight is 342 g/mol. The molecule has 1 aliphatic rings. The fourth-order valence-corrected chi connectivity index (χ4v) is 2.98. The molecule has 0 bridgehead atoms. The van der Waals surface area contributed by atoms with Crippen molar-refractivity contribution in [2.75, 3.05) is 11.9 Å². The SMILES string of the molecule is Brc1ccccc1-c1noc(-c2ccc3c(c2)NCC3)n1. The Morgan fingerprint density at radius 3 is 2.95 bits per heavy atom. The van der Waals surface area contributed by atoms with Gasteiger partial charge in [0, 0.05) is 27.8 Å². The van der Waals surface area contributed by atoms with Crippen molar-refractivity contribution < 1.29 is 4.52 Å². The third-order valence-electron chi connectivity index (χ3n) is 3.61. The molecule has 0 unspecified atom stereocenters. The maximum Gasteiger partial charge on any atom is 0.258 e. The Morgan fingerprint density at radius 1 is 1.14 bits per heavy atom. The van der Waals surface area contributed by atoms with Crippen LogP contribution in [0.5, 0.6) is 0 Å². The van der Waals surface area contributed by atoms with Gasteiger partial charge in [0.25, 0.3) is 5.89 Å². The molecule has 0 saturated heterocycles. The highest BCUT2D eigenvalue weighted by molar-refractivity contribution is 9.10. The van der Waals surface area contributed by atoms with Gasteiger partial charge in [-0.25, -0.2) is 0 Å². The Kier molecular flexibility index (Phi) is 3.00. The highest BCUT2D eigenvalue weighted by Gasteiger charge is 2.15. The average Bonchev–Trinajstić information content (AvgIpc) is 3.16. The second-order valence-corrected chi connectivity index (χ2v) is 5.81. The Morgan fingerprint density at radius 2 is 2.05 bits per heavy atom.